The van der Waals surface area contributed by atoms with Crippen molar-refractivity contribution in [2.75, 3.05) is 31.5 Å². The Morgan fingerprint density at radius 2 is 1.69 bits per heavy atom. The second-order valence-corrected chi connectivity index (χ2v) is 8.12. The third kappa shape index (κ3) is 7.63. The molecule has 1 aromatic rings. The third-order valence-electron chi connectivity index (χ3n) is 4.39. The number of rotatable bonds is 5. The minimum atomic E-state index is -0.497. The molecule has 0 bridgehead atoms. The molecule has 1 saturated heterocycles. The molecule has 3 N–H and O–H groups in total. The van der Waals surface area contributed by atoms with E-state index in [1.54, 1.807) is 4.90 Å². The van der Waals surface area contributed by atoms with Gasteiger partial charge in [0.15, 0.2) is 5.96 Å². The molecule has 1 fully saturated rings. The first kappa shape index (κ1) is 22.5. The Bertz CT molecular complexity index is 717. The fraction of sp³-hybridized carbons (Fsp3) is 0.571. The van der Waals surface area contributed by atoms with Crippen LogP contribution in [0.4, 0.5) is 10.5 Å². The van der Waals surface area contributed by atoms with Crippen LogP contribution in [0.2, 0.25) is 0 Å². The van der Waals surface area contributed by atoms with E-state index in [0.717, 1.165) is 17.7 Å². The number of nitrogens with one attached hydrogen (secondary N) is 1. The number of guanidine groups is 1. The highest BCUT2D eigenvalue weighted by Gasteiger charge is 2.26. The summed E-state index contributed by atoms with van der Waals surface area (Å²) in [7, 11) is 0. The largest absolute Gasteiger partial charge is 0.444 e. The van der Waals surface area contributed by atoms with E-state index in [1.165, 1.54) is 0 Å². The molecular formula is C21H33N5O3. The molecule has 1 aromatic carbocycles. The third-order valence-corrected chi connectivity index (χ3v) is 4.39. The summed E-state index contributed by atoms with van der Waals surface area (Å²) >= 11 is 0. The Kier molecular flexibility index (Phi) is 7.87. The van der Waals surface area contributed by atoms with Crippen molar-refractivity contribution in [3.05, 3.63) is 29.8 Å². The summed E-state index contributed by atoms with van der Waals surface area (Å²) < 4.78 is 5.41. The Morgan fingerprint density at radius 3 is 2.24 bits per heavy atom. The van der Waals surface area contributed by atoms with Crippen LogP contribution in [0.25, 0.3) is 0 Å². The summed E-state index contributed by atoms with van der Waals surface area (Å²) in [5, 5.41) is 2.86. The summed E-state index contributed by atoms with van der Waals surface area (Å²) in [5.74, 6) is 0.488. The van der Waals surface area contributed by atoms with Gasteiger partial charge in [0.2, 0.25) is 5.91 Å². The number of carbonyl (C=O) groups excluding carboxylic acids is 2. The van der Waals surface area contributed by atoms with Crippen LogP contribution in [0.15, 0.2) is 29.3 Å². The van der Waals surface area contributed by atoms with Crippen LogP contribution in [0.1, 0.15) is 46.1 Å². The van der Waals surface area contributed by atoms with Gasteiger partial charge in [-0.1, -0.05) is 19.1 Å². The van der Waals surface area contributed by atoms with Gasteiger partial charge >= 0.3 is 6.09 Å². The van der Waals surface area contributed by atoms with Crippen LogP contribution in [0, 0.1) is 0 Å². The zero-order chi connectivity index (χ0) is 21.4. The molecule has 0 atom stereocenters. The van der Waals surface area contributed by atoms with Crippen LogP contribution in [-0.4, -0.2) is 59.5 Å². The molecule has 2 rings (SSSR count). The maximum atomic E-state index is 12.1. The Labute approximate surface area is 173 Å². The van der Waals surface area contributed by atoms with Crippen molar-refractivity contribution in [1.29, 1.82) is 0 Å². The van der Waals surface area contributed by atoms with Crippen molar-refractivity contribution in [2.45, 2.75) is 52.7 Å². The number of piperazine rings is 1. The van der Waals surface area contributed by atoms with E-state index in [0.29, 0.717) is 45.1 Å². The molecule has 0 aliphatic carbocycles. The summed E-state index contributed by atoms with van der Waals surface area (Å²) in [6.07, 6.45) is 1.05. The van der Waals surface area contributed by atoms with Gasteiger partial charge < -0.3 is 25.6 Å². The molecule has 1 aliphatic heterocycles. The number of anilines is 1. The summed E-state index contributed by atoms with van der Waals surface area (Å²) in [6, 6.07) is 7.60. The number of benzene rings is 1. The van der Waals surface area contributed by atoms with Crippen molar-refractivity contribution in [2.24, 2.45) is 10.7 Å². The standard InChI is InChI=1S/C21H33N5O3/c1-5-6-18(27)24-17-9-7-16(8-10-17)15-23-19(22)25-11-13-26(14-12-25)20(28)29-21(2,3)4/h7-10H,5-6,11-15H2,1-4H3,(H2,22,23)(H,24,27). The first-order valence-electron chi connectivity index (χ1n) is 10.1. The van der Waals surface area contributed by atoms with Crippen LogP contribution < -0.4 is 11.1 Å². The summed E-state index contributed by atoms with van der Waals surface area (Å²) in [6.45, 7) is 10.4. The molecule has 0 unspecified atom stereocenters. The molecule has 1 heterocycles. The predicted octanol–water partition coefficient (Wildman–Crippen LogP) is 2.79. The highest BCUT2D eigenvalue weighted by Crippen LogP contribution is 2.13. The Hall–Kier alpha value is -2.77. The van der Waals surface area contributed by atoms with E-state index in [9.17, 15) is 9.59 Å². The van der Waals surface area contributed by atoms with Gasteiger partial charge in [-0.05, 0) is 44.9 Å². The molecule has 29 heavy (non-hydrogen) atoms. The second-order valence-electron chi connectivity index (χ2n) is 8.12. The fourth-order valence-corrected chi connectivity index (χ4v) is 2.86. The molecule has 2 amide bonds. The number of aliphatic imine (C=N–C) groups is 1. The molecule has 0 spiro atoms. The number of amides is 2. The van der Waals surface area contributed by atoms with Gasteiger partial charge in [0.25, 0.3) is 0 Å². The van der Waals surface area contributed by atoms with Crippen LogP contribution >= 0.6 is 0 Å². The lowest BCUT2D eigenvalue weighted by Gasteiger charge is -2.36. The minimum Gasteiger partial charge on any atom is -0.444 e. The molecule has 160 valence electrons. The van der Waals surface area contributed by atoms with Crippen LogP contribution in [0.5, 0.6) is 0 Å². The highest BCUT2D eigenvalue weighted by atomic mass is 16.6. The van der Waals surface area contributed by atoms with Gasteiger partial charge in [-0.3, -0.25) is 4.79 Å². The minimum absolute atomic E-state index is 0.0213. The first-order valence-corrected chi connectivity index (χ1v) is 10.1. The SMILES string of the molecule is CCCC(=O)Nc1ccc(CN=C(N)N2CCN(C(=O)OC(C)(C)C)CC2)cc1. The zero-order valence-corrected chi connectivity index (χ0v) is 17.9. The Morgan fingerprint density at radius 1 is 1.10 bits per heavy atom. The van der Waals surface area contributed by atoms with Crippen molar-refractivity contribution >= 4 is 23.6 Å². The number of hydrogen-bond donors (Lipinski definition) is 2. The highest BCUT2D eigenvalue weighted by molar-refractivity contribution is 5.90. The topological polar surface area (TPSA) is 100 Å². The number of nitrogens with zero attached hydrogens (tertiary/aromatic N) is 3. The number of ether oxygens (including phenoxy) is 1. The second kappa shape index (κ2) is 10.1. The molecule has 8 heteroatoms. The predicted molar refractivity (Wildman–Crippen MR) is 115 cm³/mol. The van der Waals surface area contributed by atoms with E-state index < -0.39 is 5.60 Å². The zero-order valence-electron chi connectivity index (χ0n) is 17.9. The van der Waals surface area contributed by atoms with Crippen LogP contribution in [-0.2, 0) is 16.1 Å². The first-order chi connectivity index (χ1) is 13.7. The van der Waals surface area contributed by atoms with E-state index >= 15 is 0 Å². The molecule has 0 radical (unpaired) electrons. The van der Waals surface area contributed by atoms with Crippen molar-refractivity contribution in [3.63, 3.8) is 0 Å². The fourth-order valence-electron chi connectivity index (χ4n) is 2.86. The van der Waals surface area contributed by atoms with Gasteiger partial charge in [-0.25, -0.2) is 9.79 Å². The van der Waals surface area contributed by atoms with Crippen molar-refractivity contribution < 1.29 is 14.3 Å². The molecule has 0 aromatic heterocycles. The van der Waals surface area contributed by atoms with Gasteiger partial charge in [-0.15, -0.1) is 0 Å². The molecule has 1 aliphatic rings. The monoisotopic (exact) mass is 403 g/mol. The van der Waals surface area contributed by atoms with E-state index in [2.05, 4.69) is 10.3 Å². The average Bonchev–Trinajstić information content (AvgIpc) is 2.66. The number of hydrogen-bond acceptors (Lipinski definition) is 4. The van der Waals surface area contributed by atoms with Crippen LogP contribution in [0.3, 0.4) is 0 Å². The molecule has 8 nitrogen and oxygen atoms in total. The van der Waals surface area contributed by atoms with Gasteiger partial charge in [0.05, 0.1) is 6.54 Å². The van der Waals surface area contributed by atoms with E-state index in [-0.39, 0.29) is 12.0 Å². The Balaban J connectivity index is 1.82. The number of nitrogens with two attached hydrogens (primary N) is 1. The lowest BCUT2D eigenvalue weighted by Crippen LogP contribution is -2.53. The quantitative estimate of drug-likeness (QED) is 0.582. The molecular weight excluding hydrogens is 370 g/mol. The lowest BCUT2D eigenvalue weighted by molar-refractivity contribution is -0.116. The van der Waals surface area contributed by atoms with Crippen molar-refractivity contribution in [3.8, 4) is 0 Å². The maximum absolute atomic E-state index is 12.1. The normalized spacial score (nSPS) is 15.2. The van der Waals surface area contributed by atoms with Gasteiger partial charge in [-0.2, -0.15) is 0 Å². The maximum Gasteiger partial charge on any atom is 0.410 e. The molecule has 0 saturated carbocycles. The van der Waals surface area contributed by atoms with E-state index in [4.69, 9.17) is 10.5 Å². The summed E-state index contributed by atoms with van der Waals surface area (Å²) in [5.41, 5.74) is 7.42. The van der Waals surface area contributed by atoms with Gasteiger partial charge in [0, 0.05) is 38.3 Å². The van der Waals surface area contributed by atoms with Gasteiger partial charge in [0.1, 0.15) is 5.60 Å². The average molecular weight is 404 g/mol. The summed E-state index contributed by atoms with van der Waals surface area (Å²) in [4.78, 5) is 31.9. The lowest BCUT2D eigenvalue weighted by atomic mass is 10.2. The van der Waals surface area contributed by atoms with E-state index in [1.807, 2.05) is 56.9 Å². The number of carbonyl (C=O) groups is 2. The van der Waals surface area contributed by atoms with Crippen molar-refractivity contribution in [1.82, 2.24) is 9.80 Å². The smallest absolute Gasteiger partial charge is 0.410 e.